The van der Waals surface area contributed by atoms with E-state index in [-0.39, 0.29) is 5.91 Å². The summed E-state index contributed by atoms with van der Waals surface area (Å²) in [6.45, 7) is 4.75. The predicted octanol–water partition coefficient (Wildman–Crippen LogP) is 1.19. The van der Waals surface area contributed by atoms with Gasteiger partial charge in [-0.2, -0.15) is 0 Å². The van der Waals surface area contributed by atoms with Crippen LogP contribution in [0.1, 0.15) is 24.8 Å². The number of nitrogens with two attached hydrogens (primary N) is 1. The van der Waals surface area contributed by atoms with Gasteiger partial charge in [-0.15, -0.1) is 0 Å². The number of rotatable bonds is 8. The molecule has 0 aliphatic rings. The molecule has 19 heavy (non-hydrogen) atoms. The lowest BCUT2D eigenvalue weighted by molar-refractivity contribution is -0.122. The minimum absolute atomic E-state index is 0.0716. The van der Waals surface area contributed by atoms with Crippen LogP contribution < -0.4 is 11.1 Å². The zero-order valence-corrected chi connectivity index (χ0v) is 11.9. The van der Waals surface area contributed by atoms with Gasteiger partial charge in [0.1, 0.15) is 0 Å². The third kappa shape index (κ3) is 6.36. The molecule has 0 aliphatic carbocycles. The first-order chi connectivity index (χ1) is 9.13. The minimum Gasteiger partial charge on any atom is -0.354 e. The van der Waals surface area contributed by atoms with Crippen molar-refractivity contribution in [3.63, 3.8) is 0 Å². The molecule has 0 aromatic heterocycles. The largest absolute Gasteiger partial charge is 0.354 e. The van der Waals surface area contributed by atoms with Gasteiger partial charge in [0, 0.05) is 6.54 Å². The fourth-order valence-electron chi connectivity index (χ4n) is 1.91. The highest BCUT2D eigenvalue weighted by atomic mass is 16.2. The van der Waals surface area contributed by atoms with Crippen molar-refractivity contribution in [3.05, 3.63) is 35.9 Å². The quantitative estimate of drug-likeness (QED) is 0.740. The third-order valence-corrected chi connectivity index (χ3v) is 3.13. The molecule has 0 fully saturated rings. The van der Waals surface area contributed by atoms with E-state index >= 15 is 0 Å². The molecule has 0 saturated heterocycles. The monoisotopic (exact) mass is 263 g/mol. The van der Waals surface area contributed by atoms with Crippen LogP contribution in [0.5, 0.6) is 0 Å². The van der Waals surface area contributed by atoms with Crippen LogP contribution in [0.15, 0.2) is 30.3 Å². The standard InChI is InChI=1S/C15H25N3O/c1-13(14-7-4-3-5-8-14)11-17-15(19)12-18(2)10-6-9-16/h3-5,7-8,13H,6,9-12,16H2,1-2H3,(H,17,19). The molecule has 0 bridgehead atoms. The van der Waals surface area contributed by atoms with Crippen molar-refractivity contribution in [2.45, 2.75) is 19.3 Å². The summed E-state index contributed by atoms with van der Waals surface area (Å²) in [6, 6.07) is 10.2. The van der Waals surface area contributed by atoms with Crippen molar-refractivity contribution in [2.24, 2.45) is 5.73 Å². The molecule has 0 radical (unpaired) electrons. The summed E-state index contributed by atoms with van der Waals surface area (Å²) in [6.07, 6.45) is 0.921. The van der Waals surface area contributed by atoms with Gasteiger partial charge in [-0.25, -0.2) is 0 Å². The Morgan fingerprint density at radius 3 is 2.68 bits per heavy atom. The fraction of sp³-hybridized carbons (Fsp3) is 0.533. The zero-order valence-electron chi connectivity index (χ0n) is 11.9. The van der Waals surface area contributed by atoms with Gasteiger partial charge in [0.25, 0.3) is 0 Å². The lowest BCUT2D eigenvalue weighted by Gasteiger charge is -2.17. The Hall–Kier alpha value is -1.39. The van der Waals surface area contributed by atoms with E-state index < -0.39 is 0 Å². The molecule has 106 valence electrons. The van der Waals surface area contributed by atoms with Crippen molar-refractivity contribution >= 4 is 5.91 Å². The molecule has 1 amide bonds. The molecular weight excluding hydrogens is 238 g/mol. The molecular formula is C15H25N3O. The Labute approximate surface area is 116 Å². The highest BCUT2D eigenvalue weighted by molar-refractivity contribution is 5.78. The van der Waals surface area contributed by atoms with Gasteiger partial charge >= 0.3 is 0 Å². The second-order valence-corrected chi connectivity index (χ2v) is 5.00. The summed E-state index contributed by atoms with van der Waals surface area (Å²) >= 11 is 0. The molecule has 0 spiro atoms. The van der Waals surface area contributed by atoms with E-state index in [0.29, 0.717) is 25.6 Å². The third-order valence-electron chi connectivity index (χ3n) is 3.13. The number of nitrogens with one attached hydrogen (secondary N) is 1. The molecule has 1 unspecified atom stereocenters. The number of hydrogen-bond acceptors (Lipinski definition) is 3. The molecule has 4 nitrogen and oxygen atoms in total. The van der Waals surface area contributed by atoms with Crippen molar-refractivity contribution in [2.75, 3.05) is 33.2 Å². The maximum absolute atomic E-state index is 11.8. The van der Waals surface area contributed by atoms with Crippen LogP contribution in [0.4, 0.5) is 0 Å². The first-order valence-electron chi connectivity index (χ1n) is 6.83. The topological polar surface area (TPSA) is 58.4 Å². The van der Waals surface area contributed by atoms with Crippen LogP contribution in [-0.4, -0.2) is 44.0 Å². The van der Waals surface area contributed by atoms with E-state index in [1.54, 1.807) is 0 Å². The summed E-state index contributed by atoms with van der Waals surface area (Å²) in [7, 11) is 1.94. The van der Waals surface area contributed by atoms with Crippen LogP contribution in [-0.2, 0) is 4.79 Å². The molecule has 0 heterocycles. The molecule has 0 saturated carbocycles. The predicted molar refractivity (Wildman–Crippen MR) is 79.0 cm³/mol. The van der Waals surface area contributed by atoms with Crippen LogP contribution in [0, 0.1) is 0 Å². The maximum Gasteiger partial charge on any atom is 0.234 e. The fourth-order valence-corrected chi connectivity index (χ4v) is 1.91. The number of nitrogens with zero attached hydrogens (tertiary/aromatic N) is 1. The number of likely N-dealkylation sites (N-methyl/N-ethyl adjacent to an activating group) is 1. The number of benzene rings is 1. The summed E-state index contributed by atoms with van der Waals surface area (Å²) in [5.74, 6) is 0.404. The molecule has 1 aromatic rings. The maximum atomic E-state index is 11.8. The van der Waals surface area contributed by atoms with Gasteiger partial charge in [-0.1, -0.05) is 37.3 Å². The van der Waals surface area contributed by atoms with Crippen molar-refractivity contribution in [3.8, 4) is 0 Å². The molecule has 0 aliphatic heterocycles. The highest BCUT2D eigenvalue weighted by Gasteiger charge is 2.09. The zero-order chi connectivity index (χ0) is 14.1. The van der Waals surface area contributed by atoms with E-state index in [1.165, 1.54) is 5.56 Å². The van der Waals surface area contributed by atoms with Crippen molar-refractivity contribution in [1.29, 1.82) is 0 Å². The molecule has 1 rings (SSSR count). The smallest absolute Gasteiger partial charge is 0.234 e. The van der Waals surface area contributed by atoms with E-state index in [9.17, 15) is 4.79 Å². The van der Waals surface area contributed by atoms with E-state index in [1.807, 2.05) is 30.1 Å². The Kier molecular flexibility index (Phi) is 7.15. The number of hydrogen-bond donors (Lipinski definition) is 2. The summed E-state index contributed by atoms with van der Waals surface area (Å²) in [4.78, 5) is 13.8. The average Bonchev–Trinajstić information content (AvgIpc) is 2.43. The van der Waals surface area contributed by atoms with E-state index in [4.69, 9.17) is 5.73 Å². The van der Waals surface area contributed by atoms with Crippen LogP contribution in [0.3, 0.4) is 0 Å². The first-order valence-corrected chi connectivity index (χ1v) is 6.83. The van der Waals surface area contributed by atoms with E-state index in [2.05, 4.69) is 24.4 Å². The Balaban J connectivity index is 2.26. The summed E-state index contributed by atoms with van der Waals surface area (Å²) in [5.41, 5.74) is 6.69. The van der Waals surface area contributed by atoms with Gasteiger partial charge in [0.05, 0.1) is 6.54 Å². The van der Waals surface area contributed by atoms with Crippen LogP contribution in [0.25, 0.3) is 0 Å². The second-order valence-electron chi connectivity index (χ2n) is 5.00. The average molecular weight is 263 g/mol. The number of carbonyl (C=O) groups is 1. The number of amides is 1. The van der Waals surface area contributed by atoms with Gasteiger partial charge in [-0.05, 0) is 38.0 Å². The minimum atomic E-state index is 0.0716. The van der Waals surface area contributed by atoms with Crippen LogP contribution >= 0.6 is 0 Å². The SMILES string of the molecule is CC(CNC(=O)CN(C)CCCN)c1ccccc1. The molecule has 4 heteroatoms. The van der Waals surface area contributed by atoms with Gasteiger partial charge in [-0.3, -0.25) is 9.69 Å². The second kappa shape index (κ2) is 8.67. The van der Waals surface area contributed by atoms with E-state index in [0.717, 1.165) is 13.0 Å². The molecule has 1 aromatic carbocycles. The lowest BCUT2D eigenvalue weighted by atomic mass is 10.0. The van der Waals surface area contributed by atoms with Gasteiger partial charge in [0.15, 0.2) is 0 Å². The Bertz CT molecular complexity index is 367. The van der Waals surface area contributed by atoms with Crippen molar-refractivity contribution in [1.82, 2.24) is 10.2 Å². The molecule has 1 atom stereocenters. The lowest BCUT2D eigenvalue weighted by Crippen LogP contribution is -2.37. The summed E-state index contributed by atoms with van der Waals surface area (Å²) in [5, 5.41) is 2.98. The summed E-state index contributed by atoms with van der Waals surface area (Å²) < 4.78 is 0. The molecule has 3 N–H and O–H groups in total. The Morgan fingerprint density at radius 2 is 2.05 bits per heavy atom. The van der Waals surface area contributed by atoms with Crippen molar-refractivity contribution < 1.29 is 4.79 Å². The van der Waals surface area contributed by atoms with Gasteiger partial charge < -0.3 is 11.1 Å². The Morgan fingerprint density at radius 1 is 1.37 bits per heavy atom. The number of carbonyl (C=O) groups excluding carboxylic acids is 1. The highest BCUT2D eigenvalue weighted by Crippen LogP contribution is 2.12. The first kappa shape index (κ1) is 15.7. The van der Waals surface area contributed by atoms with Gasteiger partial charge in [0.2, 0.25) is 5.91 Å². The normalized spacial score (nSPS) is 12.4. The van der Waals surface area contributed by atoms with Crippen LogP contribution in [0.2, 0.25) is 0 Å².